The molecule has 0 aromatic heterocycles. The Morgan fingerprint density at radius 3 is 3.00 bits per heavy atom. The summed E-state index contributed by atoms with van der Waals surface area (Å²) in [6, 6.07) is 10.2. The fraction of sp³-hybridized carbons (Fsp3) is 0.429. The minimum atomic E-state index is 0.123. The Bertz CT molecular complexity index is 350. The predicted molar refractivity (Wildman–Crippen MR) is 67.8 cm³/mol. The fourth-order valence-electron chi connectivity index (χ4n) is 1.75. The molecule has 0 saturated carbocycles. The summed E-state index contributed by atoms with van der Waals surface area (Å²) >= 11 is 0. The molecule has 1 fully saturated rings. The Morgan fingerprint density at radius 1 is 1.35 bits per heavy atom. The minimum Gasteiger partial charge on any atom is -0.374 e. The fourth-order valence-corrected chi connectivity index (χ4v) is 1.75. The van der Waals surface area contributed by atoms with Gasteiger partial charge < -0.3 is 14.8 Å². The molecule has 0 spiro atoms. The number of rotatable bonds is 4. The molecule has 0 radical (unpaired) electrons. The Balaban J connectivity index is 1.69. The van der Waals surface area contributed by atoms with E-state index < -0.39 is 0 Å². The monoisotopic (exact) mass is 233 g/mol. The molecule has 1 saturated heterocycles. The molecule has 1 aromatic carbocycles. The Kier molecular flexibility index (Phi) is 4.74. The molecular formula is C14H19NO2. The van der Waals surface area contributed by atoms with E-state index >= 15 is 0 Å². The molecule has 1 heterocycles. The maximum Gasteiger partial charge on any atom is 0.0937 e. The predicted octanol–water partition coefficient (Wildman–Crippen LogP) is 1.75. The lowest BCUT2D eigenvalue weighted by Gasteiger charge is -2.14. The van der Waals surface area contributed by atoms with E-state index in [1.165, 1.54) is 5.56 Å². The molecule has 17 heavy (non-hydrogen) atoms. The van der Waals surface area contributed by atoms with Crippen LogP contribution in [0.25, 0.3) is 0 Å². The first kappa shape index (κ1) is 12.3. The molecular weight excluding hydrogens is 214 g/mol. The maximum atomic E-state index is 5.67. The van der Waals surface area contributed by atoms with Gasteiger partial charge in [-0.1, -0.05) is 36.9 Å². The second-order valence-electron chi connectivity index (χ2n) is 4.31. The lowest BCUT2D eigenvalue weighted by molar-refractivity contribution is -0.00687. The number of hydrogen-bond acceptors (Lipinski definition) is 3. The van der Waals surface area contributed by atoms with E-state index in [0.717, 1.165) is 18.7 Å². The zero-order chi connectivity index (χ0) is 11.9. The third kappa shape index (κ3) is 4.30. The first-order chi connectivity index (χ1) is 8.34. The van der Waals surface area contributed by atoms with E-state index in [9.17, 15) is 0 Å². The van der Waals surface area contributed by atoms with Crippen LogP contribution < -0.4 is 5.32 Å². The van der Waals surface area contributed by atoms with E-state index in [4.69, 9.17) is 9.47 Å². The molecule has 92 valence electrons. The van der Waals surface area contributed by atoms with Crippen LogP contribution in [0, 0.1) is 0 Å². The van der Waals surface area contributed by atoms with Gasteiger partial charge in [0.2, 0.25) is 0 Å². The van der Waals surface area contributed by atoms with E-state index in [-0.39, 0.29) is 6.10 Å². The van der Waals surface area contributed by atoms with Gasteiger partial charge in [0.05, 0.1) is 25.9 Å². The third-order valence-corrected chi connectivity index (χ3v) is 2.69. The van der Waals surface area contributed by atoms with Gasteiger partial charge in [-0.3, -0.25) is 0 Å². The average Bonchev–Trinajstić information content (AvgIpc) is 2.56. The SMILES string of the molecule is C=C1CNC[C@@H](COCc2ccccc2)OC1. The van der Waals surface area contributed by atoms with Crippen molar-refractivity contribution in [2.45, 2.75) is 12.7 Å². The molecule has 1 aliphatic heterocycles. The minimum absolute atomic E-state index is 0.123. The number of benzene rings is 1. The van der Waals surface area contributed by atoms with E-state index in [1.807, 2.05) is 18.2 Å². The first-order valence-electron chi connectivity index (χ1n) is 5.95. The maximum absolute atomic E-state index is 5.67. The molecule has 2 rings (SSSR count). The molecule has 0 aliphatic carbocycles. The lowest BCUT2D eigenvalue weighted by Crippen LogP contribution is -2.30. The van der Waals surface area contributed by atoms with E-state index in [1.54, 1.807) is 0 Å². The zero-order valence-electron chi connectivity index (χ0n) is 10.0. The topological polar surface area (TPSA) is 30.5 Å². The van der Waals surface area contributed by atoms with Crippen molar-refractivity contribution in [3.63, 3.8) is 0 Å². The molecule has 0 amide bonds. The smallest absolute Gasteiger partial charge is 0.0937 e. The summed E-state index contributed by atoms with van der Waals surface area (Å²) in [5.41, 5.74) is 2.29. The molecule has 1 aliphatic rings. The highest BCUT2D eigenvalue weighted by Crippen LogP contribution is 2.05. The van der Waals surface area contributed by atoms with Gasteiger partial charge in [0.1, 0.15) is 0 Å². The number of nitrogens with one attached hydrogen (secondary N) is 1. The molecule has 1 N–H and O–H groups in total. The van der Waals surface area contributed by atoms with Crippen LogP contribution in [-0.2, 0) is 16.1 Å². The molecule has 0 unspecified atom stereocenters. The van der Waals surface area contributed by atoms with Crippen molar-refractivity contribution in [2.75, 3.05) is 26.3 Å². The van der Waals surface area contributed by atoms with Gasteiger partial charge in [-0.05, 0) is 11.1 Å². The van der Waals surface area contributed by atoms with Gasteiger partial charge in [0.25, 0.3) is 0 Å². The Morgan fingerprint density at radius 2 is 2.18 bits per heavy atom. The van der Waals surface area contributed by atoms with Crippen LogP contribution in [0.15, 0.2) is 42.5 Å². The molecule has 0 bridgehead atoms. The normalized spacial score (nSPS) is 21.2. The van der Waals surface area contributed by atoms with Gasteiger partial charge in [-0.2, -0.15) is 0 Å². The number of hydrogen-bond donors (Lipinski definition) is 1. The number of ether oxygens (including phenoxy) is 2. The second kappa shape index (κ2) is 6.55. The van der Waals surface area contributed by atoms with Crippen LogP contribution in [-0.4, -0.2) is 32.4 Å². The standard InChI is InChI=1S/C14H19NO2/c1-12-7-15-8-14(17-9-12)11-16-10-13-5-3-2-4-6-13/h2-6,14-15H,1,7-11H2/t14-/m0/s1. The van der Waals surface area contributed by atoms with E-state index in [2.05, 4.69) is 24.0 Å². The van der Waals surface area contributed by atoms with Crippen molar-refractivity contribution >= 4 is 0 Å². The van der Waals surface area contributed by atoms with Crippen LogP contribution >= 0.6 is 0 Å². The van der Waals surface area contributed by atoms with Gasteiger partial charge in [0, 0.05) is 13.1 Å². The van der Waals surface area contributed by atoms with Crippen molar-refractivity contribution < 1.29 is 9.47 Å². The summed E-state index contributed by atoms with van der Waals surface area (Å²) in [5, 5.41) is 3.29. The summed E-state index contributed by atoms with van der Waals surface area (Å²) in [7, 11) is 0. The lowest BCUT2D eigenvalue weighted by atomic mass is 10.2. The highest BCUT2D eigenvalue weighted by Gasteiger charge is 2.13. The Labute approximate surface area is 102 Å². The van der Waals surface area contributed by atoms with Gasteiger partial charge in [-0.25, -0.2) is 0 Å². The van der Waals surface area contributed by atoms with Gasteiger partial charge in [-0.15, -0.1) is 0 Å². The highest BCUT2D eigenvalue weighted by molar-refractivity contribution is 5.13. The van der Waals surface area contributed by atoms with Crippen molar-refractivity contribution in [3.05, 3.63) is 48.0 Å². The van der Waals surface area contributed by atoms with Gasteiger partial charge in [0.15, 0.2) is 0 Å². The summed E-state index contributed by atoms with van der Waals surface area (Å²) < 4.78 is 11.3. The summed E-state index contributed by atoms with van der Waals surface area (Å²) in [5.74, 6) is 0. The van der Waals surface area contributed by atoms with Crippen LogP contribution in [0.1, 0.15) is 5.56 Å². The molecule has 3 nitrogen and oxygen atoms in total. The molecule has 3 heteroatoms. The summed E-state index contributed by atoms with van der Waals surface area (Å²) in [4.78, 5) is 0. The average molecular weight is 233 g/mol. The zero-order valence-corrected chi connectivity index (χ0v) is 10.0. The van der Waals surface area contributed by atoms with Crippen LogP contribution in [0.3, 0.4) is 0 Å². The first-order valence-corrected chi connectivity index (χ1v) is 5.95. The summed E-state index contributed by atoms with van der Waals surface area (Å²) in [6.07, 6.45) is 0.123. The van der Waals surface area contributed by atoms with Crippen molar-refractivity contribution in [2.24, 2.45) is 0 Å². The molecule has 1 aromatic rings. The largest absolute Gasteiger partial charge is 0.374 e. The van der Waals surface area contributed by atoms with Crippen molar-refractivity contribution in [1.82, 2.24) is 5.32 Å². The van der Waals surface area contributed by atoms with Crippen LogP contribution in [0.2, 0.25) is 0 Å². The third-order valence-electron chi connectivity index (χ3n) is 2.69. The quantitative estimate of drug-likeness (QED) is 0.804. The second-order valence-corrected chi connectivity index (χ2v) is 4.31. The van der Waals surface area contributed by atoms with Crippen LogP contribution in [0.4, 0.5) is 0 Å². The van der Waals surface area contributed by atoms with Crippen molar-refractivity contribution in [1.29, 1.82) is 0 Å². The highest BCUT2D eigenvalue weighted by atomic mass is 16.5. The van der Waals surface area contributed by atoms with E-state index in [0.29, 0.717) is 19.8 Å². The van der Waals surface area contributed by atoms with Gasteiger partial charge >= 0.3 is 0 Å². The Hall–Kier alpha value is -1.16. The summed E-state index contributed by atoms with van der Waals surface area (Å²) in [6.45, 7) is 7.47. The molecule has 1 atom stereocenters. The van der Waals surface area contributed by atoms with Crippen LogP contribution in [0.5, 0.6) is 0 Å². The van der Waals surface area contributed by atoms with Crippen molar-refractivity contribution in [3.8, 4) is 0 Å².